The Morgan fingerprint density at radius 3 is 2.53 bits per heavy atom. The maximum absolute atomic E-state index is 13.2. The third-order valence-electron chi connectivity index (χ3n) is 5.62. The second-order valence-corrected chi connectivity index (χ2v) is 12.0. The molecule has 0 aromatic carbocycles. The second-order valence-electron chi connectivity index (χ2n) is 9.58. The second kappa shape index (κ2) is 10.6. The zero-order valence-corrected chi connectivity index (χ0v) is 23.3. The molecule has 0 atom stereocenters. The number of rotatable bonds is 8. The van der Waals surface area contributed by atoms with E-state index in [-0.39, 0.29) is 29.5 Å². The monoisotopic (exact) mass is 573 g/mol. The van der Waals surface area contributed by atoms with Gasteiger partial charge in [0.05, 0.1) is 34.9 Å². The third kappa shape index (κ3) is 5.62. The Morgan fingerprint density at radius 2 is 1.95 bits per heavy atom. The maximum Gasteiger partial charge on any atom is 0.342 e. The van der Waals surface area contributed by atoms with Crippen molar-refractivity contribution >= 4 is 57.9 Å². The molecule has 0 amide bonds. The first kappa shape index (κ1) is 27.4. The van der Waals surface area contributed by atoms with Gasteiger partial charge in [-0.2, -0.15) is 9.78 Å². The molecular weight excluding hydrogens is 550 g/mol. The van der Waals surface area contributed by atoms with Gasteiger partial charge < -0.3 is 15.0 Å². The van der Waals surface area contributed by atoms with Gasteiger partial charge in [-0.25, -0.2) is 9.17 Å². The third-order valence-corrected chi connectivity index (χ3v) is 7.44. The van der Waals surface area contributed by atoms with E-state index in [1.54, 1.807) is 45.2 Å². The average Bonchev–Trinajstić information content (AvgIpc) is 3.59. The van der Waals surface area contributed by atoms with Crippen molar-refractivity contribution in [2.75, 3.05) is 5.32 Å². The summed E-state index contributed by atoms with van der Waals surface area (Å²) < 4.78 is 6.77. The van der Waals surface area contributed by atoms with Gasteiger partial charge in [0, 0.05) is 33.5 Å². The van der Waals surface area contributed by atoms with E-state index in [4.69, 9.17) is 11.6 Å². The standard InChI is InChI=1S/C25H24ClN5O5S2/c1-13-10-30(11-17(32)14-8-28-37-12-14)22(33)21(23(34)35)20(13)16-7-19(27-9-15-5-6-18(26)38-15)31(29-16)24(36)25(2,3)4/h5-8,10,12,27H,9,11H2,1-4H3,(H,34,35). The molecule has 0 saturated carbocycles. The molecule has 0 saturated heterocycles. The van der Waals surface area contributed by atoms with Crippen LogP contribution in [0, 0.1) is 12.3 Å². The minimum atomic E-state index is -1.47. The van der Waals surface area contributed by atoms with E-state index in [9.17, 15) is 24.3 Å². The molecule has 0 unspecified atom stereocenters. The summed E-state index contributed by atoms with van der Waals surface area (Å²) in [5.41, 5.74) is -1.23. The van der Waals surface area contributed by atoms with E-state index in [2.05, 4.69) is 14.8 Å². The lowest BCUT2D eigenvalue weighted by Gasteiger charge is -2.18. The number of carboxylic acids is 1. The first-order valence-electron chi connectivity index (χ1n) is 11.4. The van der Waals surface area contributed by atoms with E-state index in [1.165, 1.54) is 28.4 Å². The van der Waals surface area contributed by atoms with Crippen molar-refractivity contribution in [2.24, 2.45) is 5.41 Å². The highest BCUT2D eigenvalue weighted by molar-refractivity contribution is 7.16. The molecule has 0 aliphatic rings. The number of anilines is 1. The Kier molecular flexibility index (Phi) is 7.68. The Hall–Kier alpha value is -3.61. The SMILES string of the molecule is Cc1cn(CC(=O)c2cnsc2)c(=O)c(C(=O)O)c1-c1cc(NCc2ccc(Cl)s2)n(C(=O)C(C)(C)C)n1. The van der Waals surface area contributed by atoms with Crippen LogP contribution in [0.4, 0.5) is 5.82 Å². The zero-order chi connectivity index (χ0) is 27.8. The van der Waals surface area contributed by atoms with E-state index in [0.717, 1.165) is 21.0 Å². The number of pyridine rings is 1. The number of ketones is 1. The fraction of sp³-hybridized carbons (Fsp3) is 0.280. The number of carbonyl (C=O) groups excluding carboxylic acids is 2. The average molecular weight is 574 g/mol. The van der Waals surface area contributed by atoms with Crippen molar-refractivity contribution in [1.82, 2.24) is 18.7 Å². The van der Waals surface area contributed by atoms with Crippen molar-refractivity contribution in [1.29, 1.82) is 0 Å². The lowest BCUT2D eigenvalue weighted by Crippen LogP contribution is -2.30. The van der Waals surface area contributed by atoms with Crippen molar-refractivity contribution in [3.8, 4) is 11.3 Å². The van der Waals surface area contributed by atoms with E-state index < -0.39 is 22.5 Å². The van der Waals surface area contributed by atoms with Crippen LogP contribution in [0.3, 0.4) is 0 Å². The molecule has 0 fully saturated rings. The van der Waals surface area contributed by atoms with Gasteiger partial charge in [0.1, 0.15) is 11.4 Å². The summed E-state index contributed by atoms with van der Waals surface area (Å²) in [6.07, 6.45) is 2.82. The van der Waals surface area contributed by atoms with Crippen LogP contribution in [0.15, 0.2) is 40.8 Å². The summed E-state index contributed by atoms with van der Waals surface area (Å²) in [7, 11) is 0. The molecule has 198 valence electrons. The molecule has 0 aliphatic carbocycles. The van der Waals surface area contributed by atoms with Gasteiger partial charge in [0.2, 0.25) is 0 Å². The molecule has 2 N–H and O–H groups in total. The summed E-state index contributed by atoms with van der Waals surface area (Å²) >= 11 is 8.51. The predicted octanol–water partition coefficient (Wildman–Crippen LogP) is 5.07. The first-order valence-corrected chi connectivity index (χ1v) is 13.4. The topological polar surface area (TPSA) is 136 Å². The van der Waals surface area contributed by atoms with E-state index in [0.29, 0.717) is 27.8 Å². The number of carbonyl (C=O) groups is 3. The number of thiophene rings is 1. The molecule has 0 spiro atoms. The van der Waals surface area contributed by atoms with Crippen LogP contribution in [0.25, 0.3) is 11.3 Å². The maximum atomic E-state index is 13.2. The van der Waals surface area contributed by atoms with Crippen LogP contribution in [0.2, 0.25) is 4.34 Å². The van der Waals surface area contributed by atoms with Gasteiger partial charge in [-0.15, -0.1) is 11.3 Å². The molecule has 4 rings (SSSR count). The summed E-state index contributed by atoms with van der Waals surface area (Å²) in [6, 6.07) is 5.16. The van der Waals surface area contributed by atoms with Crippen molar-refractivity contribution in [3.63, 3.8) is 0 Å². The molecule has 10 nitrogen and oxygen atoms in total. The summed E-state index contributed by atoms with van der Waals surface area (Å²) in [4.78, 5) is 52.3. The van der Waals surface area contributed by atoms with Crippen molar-refractivity contribution in [3.05, 3.63) is 72.2 Å². The minimum absolute atomic E-state index is 0.0751. The van der Waals surface area contributed by atoms with Crippen LogP contribution in [0.1, 0.15) is 56.7 Å². The Bertz CT molecular complexity index is 1590. The van der Waals surface area contributed by atoms with E-state index >= 15 is 0 Å². The van der Waals surface area contributed by atoms with Gasteiger partial charge in [-0.05, 0) is 36.2 Å². The highest BCUT2D eigenvalue weighted by Gasteiger charge is 2.29. The van der Waals surface area contributed by atoms with Crippen LogP contribution in [-0.2, 0) is 13.1 Å². The van der Waals surface area contributed by atoms with Gasteiger partial charge in [0.15, 0.2) is 5.78 Å². The van der Waals surface area contributed by atoms with Crippen LogP contribution >= 0.6 is 34.5 Å². The summed E-state index contributed by atoms with van der Waals surface area (Å²) in [6.45, 7) is 6.87. The van der Waals surface area contributed by atoms with Crippen LogP contribution in [0.5, 0.6) is 0 Å². The predicted molar refractivity (Wildman–Crippen MR) is 147 cm³/mol. The Morgan fingerprint density at radius 1 is 1.21 bits per heavy atom. The van der Waals surface area contributed by atoms with Gasteiger partial charge >= 0.3 is 5.97 Å². The molecule has 0 bridgehead atoms. The molecular formula is C25H24ClN5O5S2. The normalized spacial score (nSPS) is 11.5. The van der Waals surface area contributed by atoms with Crippen LogP contribution < -0.4 is 10.9 Å². The lowest BCUT2D eigenvalue weighted by atomic mass is 9.96. The molecule has 0 radical (unpaired) electrons. The number of halogens is 1. The Balaban J connectivity index is 1.80. The molecule has 13 heteroatoms. The smallest absolute Gasteiger partial charge is 0.342 e. The fourth-order valence-corrected chi connectivity index (χ4v) is 5.33. The number of aromatic carboxylic acids is 1. The minimum Gasteiger partial charge on any atom is -0.477 e. The van der Waals surface area contributed by atoms with Gasteiger partial charge in [-0.3, -0.25) is 14.4 Å². The highest BCUT2D eigenvalue weighted by Crippen LogP contribution is 2.30. The number of hydrogen-bond donors (Lipinski definition) is 2. The molecule has 38 heavy (non-hydrogen) atoms. The highest BCUT2D eigenvalue weighted by atomic mass is 35.5. The largest absolute Gasteiger partial charge is 0.477 e. The number of nitrogens with zero attached hydrogens (tertiary/aromatic N) is 4. The molecule has 4 aromatic heterocycles. The number of carboxylic acid groups (broad SMARTS) is 1. The van der Waals surface area contributed by atoms with Crippen LogP contribution in [-0.4, -0.2) is 41.5 Å². The lowest BCUT2D eigenvalue weighted by molar-refractivity contribution is 0.0693. The van der Waals surface area contributed by atoms with Crippen molar-refractivity contribution in [2.45, 2.75) is 40.8 Å². The zero-order valence-electron chi connectivity index (χ0n) is 20.9. The first-order chi connectivity index (χ1) is 17.9. The van der Waals surface area contributed by atoms with Gasteiger partial charge in [0.25, 0.3) is 11.5 Å². The van der Waals surface area contributed by atoms with E-state index in [1.807, 2.05) is 6.07 Å². The number of aromatic nitrogens is 4. The number of Topliss-reactive ketones (excluding diaryl/α,β-unsaturated/α-hetero) is 1. The number of nitrogens with one attached hydrogen (secondary N) is 1. The number of aryl methyl sites for hydroxylation is 1. The fourth-order valence-electron chi connectivity index (χ4n) is 3.77. The summed E-state index contributed by atoms with van der Waals surface area (Å²) in [5.74, 6) is -1.83. The Labute approximate surface area is 230 Å². The quantitative estimate of drug-likeness (QED) is 0.279. The molecule has 0 aliphatic heterocycles. The molecule has 4 aromatic rings. The number of hydrogen-bond acceptors (Lipinski definition) is 9. The molecule has 4 heterocycles. The summed E-state index contributed by atoms with van der Waals surface area (Å²) in [5, 5.41) is 19.2. The van der Waals surface area contributed by atoms with Gasteiger partial charge in [-0.1, -0.05) is 32.4 Å². The van der Waals surface area contributed by atoms with Crippen molar-refractivity contribution < 1.29 is 19.5 Å².